The molecule has 1 aromatic carbocycles. The number of fused-ring (bicyclic) bond motifs is 1. The Kier molecular flexibility index (Phi) is 5.06. The van der Waals surface area contributed by atoms with Gasteiger partial charge in [-0.05, 0) is 42.5 Å². The van der Waals surface area contributed by atoms with Crippen LogP contribution in [0.15, 0.2) is 29.6 Å². The minimum atomic E-state index is -0.214. The average Bonchev–Trinajstić information content (AvgIpc) is 3.08. The summed E-state index contributed by atoms with van der Waals surface area (Å²) >= 11 is 1.80. The number of anilines is 1. The first-order valence-corrected chi connectivity index (χ1v) is 8.82. The van der Waals surface area contributed by atoms with Gasteiger partial charge in [-0.15, -0.1) is 11.3 Å². The second kappa shape index (κ2) is 7.23. The summed E-state index contributed by atoms with van der Waals surface area (Å²) in [6, 6.07) is 7.31. The standard InChI is InChI=1S/C18H22N2O3S/c1-12(20-8-6-17-13(11-20)7-9-24-17)18(21)19-15-10-14(22-2)4-5-16(15)23-3/h4-5,7,9-10,12H,6,8,11H2,1-3H3,(H,19,21)/t12-/m1/s1. The smallest absolute Gasteiger partial charge is 0.241 e. The van der Waals surface area contributed by atoms with Crippen molar-refractivity contribution in [3.8, 4) is 11.5 Å². The van der Waals surface area contributed by atoms with E-state index in [2.05, 4.69) is 21.7 Å². The molecule has 0 spiro atoms. The quantitative estimate of drug-likeness (QED) is 0.904. The van der Waals surface area contributed by atoms with Crippen LogP contribution < -0.4 is 14.8 Å². The van der Waals surface area contributed by atoms with E-state index in [1.165, 1.54) is 10.4 Å². The summed E-state index contributed by atoms with van der Waals surface area (Å²) in [5.41, 5.74) is 1.96. The van der Waals surface area contributed by atoms with Gasteiger partial charge in [-0.25, -0.2) is 0 Å². The second-order valence-electron chi connectivity index (χ2n) is 5.82. The number of nitrogens with zero attached hydrogens (tertiary/aromatic N) is 1. The van der Waals surface area contributed by atoms with Crippen molar-refractivity contribution in [3.63, 3.8) is 0 Å². The van der Waals surface area contributed by atoms with Crippen LogP contribution in [0, 0.1) is 0 Å². The molecule has 0 saturated heterocycles. The first kappa shape index (κ1) is 16.8. The zero-order valence-corrected chi connectivity index (χ0v) is 15.0. The molecule has 1 atom stereocenters. The molecule has 24 heavy (non-hydrogen) atoms. The minimum Gasteiger partial charge on any atom is -0.497 e. The second-order valence-corrected chi connectivity index (χ2v) is 6.82. The number of methoxy groups -OCH3 is 2. The van der Waals surface area contributed by atoms with Crippen LogP contribution in [0.1, 0.15) is 17.4 Å². The topological polar surface area (TPSA) is 50.8 Å². The van der Waals surface area contributed by atoms with Crippen LogP contribution in [-0.4, -0.2) is 37.6 Å². The third-order valence-electron chi connectivity index (χ3n) is 4.43. The molecular weight excluding hydrogens is 324 g/mol. The van der Waals surface area contributed by atoms with Gasteiger partial charge in [0, 0.05) is 24.0 Å². The number of thiophene rings is 1. The molecule has 0 aliphatic carbocycles. The van der Waals surface area contributed by atoms with Gasteiger partial charge in [0.1, 0.15) is 11.5 Å². The maximum absolute atomic E-state index is 12.7. The highest BCUT2D eigenvalue weighted by Gasteiger charge is 2.26. The van der Waals surface area contributed by atoms with E-state index in [0.29, 0.717) is 17.2 Å². The van der Waals surface area contributed by atoms with E-state index < -0.39 is 0 Å². The van der Waals surface area contributed by atoms with E-state index in [-0.39, 0.29) is 11.9 Å². The Labute approximate surface area is 146 Å². The fraction of sp³-hybridized carbons (Fsp3) is 0.389. The van der Waals surface area contributed by atoms with Gasteiger partial charge < -0.3 is 14.8 Å². The molecule has 128 valence electrons. The van der Waals surface area contributed by atoms with Crippen molar-refractivity contribution in [2.24, 2.45) is 0 Å². The summed E-state index contributed by atoms with van der Waals surface area (Å²) in [6.45, 7) is 3.67. The van der Waals surface area contributed by atoms with Crippen molar-refractivity contribution in [1.29, 1.82) is 0 Å². The van der Waals surface area contributed by atoms with Crippen LogP contribution in [0.5, 0.6) is 11.5 Å². The lowest BCUT2D eigenvalue weighted by atomic mass is 10.1. The van der Waals surface area contributed by atoms with Crippen molar-refractivity contribution >= 4 is 22.9 Å². The van der Waals surface area contributed by atoms with Gasteiger partial charge in [-0.1, -0.05) is 0 Å². The average molecular weight is 346 g/mol. The lowest BCUT2D eigenvalue weighted by Gasteiger charge is -2.31. The minimum absolute atomic E-state index is 0.0415. The van der Waals surface area contributed by atoms with Crippen LogP contribution in [-0.2, 0) is 17.8 Å². The van der Waals surface area contributed by atoms with E-state index in [4.69, 9.17) is 9.47 Å². The van der Waals surface area contributed by atoms with Gasteiger partial charge in [-0.3, -0.25) is 9.69 Å². The maximum atomic E-state index is 12.7. The van der Waals surface area contributed by atoms with Gasteiger partial charge in [-0.2, -0.15) is 0 Å². The fourth-order valence-corrected chi connectivity index (χ4v) is 3.81. The van der Waals surface area contributed by atoms with E-state index in [1.807, 2.05) is 6.92 Å². The molecule has 1 aliphatic heterocycles. The van der Waals surface area contributed by atoms with Crippen LogP contribution in [0.25, 0.3) is 0 Å². The Bertz CT molecular complexity index is 729. The Morgan fingerprint density at radius 2 is 2.12 bits per heavy atom. The molecule has 6 heteroatoms. The first-order valence-electron chi connectivity index (χ1n) is 7.94. The first-order chi connectivity index (χ1) is 11.6. The summed E-state index contributed by atoms with van der Waals surface area (Å²) in [6.07, 6.45) is 1.01. The number of benzene rings is 1. The largest absolute Gasteiger partial charge is 0.497 e. The molecule has 2 heterocycles. The SMILES string of the molecule is COc1ccc(OC)c(NC(=O)[C@@H](C)N2CCc3sccc3C2)c1. The molecule has 0 bridgehead atoms. The number of hydrogen-bond acceptors (Lipinski definition) is 5. The zero-order valence-electron chi connectivity index (χ0n) is 14.2. The molecule has 0 saturated carbocycles. The fourth-order valence-electron chi connectivity index (χ4n) is 2.92. The number of amides is 1. The summed E-state index contributed by atoms with van der Waals surface area (Å²) < 4.78 is 10.6. The molecule has 1 aliphatic rings. The summed E-state index contributed by atoms with van der Waals surface area (Å²) in [5.74, 6) is 1.26. The molecular formula is C18H22N2O3S. The number of carbonyl (C=O) groups excluding carboxylic acids is 1. The van der Waals surface area contributed by atoms with Crippen LogP contribution in [0.4, 0.5) is 5.69 Å². The van der Waals surface area contributed by atoms with Gasteiger partial charge in [0.05, 0.1) is 25.9 Å². The van der Waals surface area contributed by atoms with Crippen molar-refractivity contribution in [2.75, 3.05) is 26.1 Å². The third-order valence-corrected chi connectivity index (χ3v) is 5.45. The van der Waals surface area contributed by atoms with Crippen LogP contribution >= 0.6 is 11.3 Å². The normalized spacial score (nSPS) is 15.5. The third kappa shape index (κ3) is 3.39. The zero-order chi connectivity index (χ0) is 17.1. The van der Waals surface area contributed by atoms with Crippen LogP contribution in [0.2, 0.25) is 0 Å². The van der Waals surface area contributed by atoms with Crippen molar-refractivity contribution in [1.82, 2.24) is 4.90 Å². The van der Waals surface area contributed by atoms with Crippen LogP contribution in [0.3, 0.4) is 0 Å². The predicted molar refractivity (Wildman–Crippen MR) is 96.1 cm³/mol. The Balaban J connectivity index is 1.71. The number of hydrogen-bond donors (Lipinski definition) is 1. The summed E-state index contributed by atoms with van der Waals surface area (Å²) in [7, 11) is 3.19. The maximum Gasteiger partial charge on any atom is 0.241 e. The van der Waals surface area contributed by atoms with E-state index >= 15 is 0 Å². The van der Waals surface area contributed by atoms with E-state index in [0.717, 1.165) is 19.5 Å². The molecule has 0 fully saturated rings. The predicted octanol–water partition coefficient (Wildman–Crippen LogP) is 3.15. The van der Waals surface area contributed by atoms with Crippen molar-refractivity contribution in [3.05, 3.63) is 40.1 Å². The molecule has 1 amide bonds. The number of nitrogens with one attached hydrogen (secondary N) is 1. The van der Waals surface area contributed by atoms with E-state index in [9.17, 15) is 4.79 Å². The lowest BCUT2D eigenvalue weighted by Crippen LogP contribution is -2.44. The highest BCUT2D eigenvalue weighted by molar-refractivity contribution is 7.10. The van der Waals surface area contributed by atoms with Gasteiger partial charge in [0.15, 0.2) is 0 Å². The highest BCUT2D eigenvalue weighted by Crippen LogP contribution is 2.30. The number of rotatable bonds is 5. The summed E-state index contributed by atoms with van der Waals surface area (Å²) in [5, 5.41) is 5.09. The summed E-state index contributed by atoms with van der Waals surface area (Å²) in [4.78, 5) is 16.3. The molecule has 0 radical (unpaired) electrons. The highest BCUT2D eigenvalue weighted by atomic mass is 32.1. The monoisotopic (exact) mass is 346 g/mol. The lowest BCUT2D eigenvalue weighted by molar-refractivity contribution is -0.121. The molecule has 0 unspecified atom stereocenters. The van der Waals surface area contributed by atoms with E-state index in [1.54, 1.807) is 43.8 Å². The van der Waals surface area contributed by atoms with Gasteiger partial charge in [0.2, 0.25) is 5.91 Å². The van der Waals surface area contributed by atoms with Gasteiger partial charge >= 0.3 is 0 Å². The molecule has 2 aromatic rings. The van der Waals surface area contributed by atoms with Gasteiger partial charge in [0.25, 0.3) is 0 Å². The molecule has 5 nitrogen and oxygen atoms in total. The molecule has 1 N–H and O–H groups in total. The van der Waals surface area contributed by atoms with Crippen molar-refractivity contribution in [2.45, 2.75) is 25.9 Å². The number of ether oxygens (including phenoxy) is 2. The number of carbonyl (C=O) groups is 1. The molecule has 3 rings (SSSR count). The molecule has 1 aromatic heterocycles. The Hall–Kier alpha value is -2.05. The van der Waals surface area contributed by atoms with Crippen molar-refractivity contribution < 1.29 is 14.3 Å². The Morgan fingerprint density at radius 1 is 1.29 bits per heavy atom. The Morgan fingerprint density at radius 3 is 2.88 bits per heavy atom.